The van der Waals surface area contributed by atoms with Crippen LogP contribution in [0, 0.1) is 0 Å². The van der Waals surface area contributed by atoms with E-state index < -0.39 is 0 Å². The number of hydrogen-bond acceptors (Lipinski definition) is 4. The molecule has 10 aromatic rings. The minimum atomic E-state index is 0.555. The van der Waals surface area contributed by atoms with Crippen molar-refractivity contribution in [2.75, 3.05) is 0 Å². The maximum Gasteiger partial charge on any atom is 0.167 e. The second-order valence-electron chi connectivity index (χ2n) is 12.1. The van der Waals surface area contributed by atoms with Crippen LogP contribution in [-0.4, -0.2) is 19.5 Å². The molecule has 0 fully saturated rings. The zero-order valence-electron chi connectivity index (χ0n) is 25.7. The van der Waals surface area contributed by atoms with E-state index in [0.717, 1.165) is 55.3 Å². The maximum absolute atomic E-state index is 6.62. The molecule has 0 amide bonds. The Morgan fingerprint density at radius 2 is 1.00 bits per heavy atom. The van der Waals surface area contributed by atoms with Gasteiger partial charge in [0.2, 0.25) is 0 Å². The van der Waals surface area contributed by atoms with Crippen LogP contribution in [0.3, 0.4) is 0 Å². The molecule has 3 heterocycles. The van der Waals surface area contributed by atoms with Crippen molar-refractivity contribution in [1.82, 2.24) is 19.5 Å². The van der Waals surface area contributed by atoms with E-state index in [1.165, 1.54) is 21.5 Å². The normalized spacial score (nSPS) is 11.8. The van der Waals surface area contributed by atoms with E-state index in [0.29, 0.717) is 17.5 Å². The smallest absolute Gasteiger partial charge is 0.167 e. The Morgan fingerprint density at radius 1 is 0.417 bits per heavy atom. The van der Waals surface area contributed by atoms with Gasteiger partial charge in [-0.2, -0.15) is 0 Å². The predicted octanol–water partition coefficient (Wildman–Crippen LogP) is 11.0. The van der Waals surface area contributed by atoms with E-state index in [2.05, 4.69) is 89.5 Å². The van der Waals surface area contributed by atoms with E-state index >= 15 is 0 Å². The third-order valence-electron chi connectivity index (χ3n) is 9.20. The van der Waals surface area contributed by atoms with Crippen LogP contribution in [0.2, 0.25) is 0 Å². The van der Waals surface area contributed by atoms with Crippen LogP contribution in [0.1, 0.15) is 0 Å². The van der Waals surface area contributed by atoms with Crippen molar-refractivity contribution in [2.24, 2.45) is 0 Å². The van der Waals surface area contributed by atoms with Crippen molar-refractivity contribution in [3.63, 3.8) is 0 Å². The number of hydrogen-bond donors (Lipinski definition) is 0. The lowest BCUT2D eigenvalue weighted by molar-refractivity contribution is 0.669. The van der Waals surface area contributed by atoms with Crippen LogP contribution < -0.4 is 0 Å². The fourth-order valence-electron chi connectivity index (χ4n) is 6.97. The summed E-state index contributed by atoms with van der Waals surface area (Å²) in [6.45, 7) is 0. The van der Waals surface area contributed by atoms with Gasteiger partial charge in [-0.1, -0.05) is 121 Å². The summed E-state index contributed by atoms with van der Waals surface area (Å²) in [5.41, 5.74) is 7.49. The molecule has 0 N–H and O–H groups in total. The van der Waals surface area contributed by atoms with Crippen molar-refractivity contribution in [1.29, 1.82) is 0 Å². The van der Waals surface area contributed by atoms with Crippen LogP contribution in [-0.2, 0) is 0 Å². The molecule has 3 aromatic heterocycles. The molecule has 0 aliphatic carbocycles. The SMILES string of the molecule is c1ccc(-c2nc(-c3ccccc3)nc(-c3cc(-n4c5ccccc5c5cc6ccccc6cc54)cc4c3oc3ccccc34)n2)cc1. The second kappa shape index (κ2) is 10.5. The fraction of sp³-hybridized carbons (Fsp3) is 0. The Bertz CT molecular complexity index is 2780. The molecule has 0 saturated carbocycles. The first kappa shape index (κ1) is 26.6. The van der Waals surface area contributed by atoms with Crippen LogP contribution in [0.25, 0.3) is 94.4 Å². The van der Waals surface area contributed by atoms with E-state index in [-0.39, 0.29) is 0 Å². The lowest BCUT2D eigenvalue weighted by Crippen LogP contribution is -2.01. The highest BCUT2D eigenvalue weighted by Gasteiger charge is 2.21. The molecule has 5 heteroatoms. The highest BCUT2D eigenvalue weighted by atomic mass is 16.3. The third kappa shape index (κ3) is 4.15. The molecule has 0 unspecified atom stereocenters. The van der Waals surface area contributed by atoms with Crippen LogP contribution in [0.4, 0.5) is 0 Å². The van der Waals surface area contributed by atoms with Gasteiger partial charge in [0.15, 0.2) is 17.5 Å². The predicted molar refractivity (Wildman–Crippen MR) is 195 cm³/mol. The fourth-order valence-corrected chi connectivity index (χ4v) is 6.97. The summed E-state index contributed by atoms with van der Waals surface area (Å²) in [7, 11) is 0. The Balaban J connectivity index is 1.32. The number of furan rings is 1. The topological polar surface area (TPSA) is 56.7 Å². The number of benzene rings is 7. The molecule has 10 rings (SSSR count). The second-order valence-corrected chi connectivity index (χ2v) is 12.1. The maximum atomic E-state index is 6.62. The van der Waals surface area contributed by atoms with E-state index in [9.17, 15) is 0 Å². The lowest BCUT2D eigenvalue weighted by atomic mass is 10.1. The van der Waals surface area contributed by atoms with Crippen molar-refractivity contribution in [3.8, 4) is 39.9 Å². The quantitative estimate of drug-likeness (QED) is 0.198. The molecule has 0 saturated heterocycles. The van der Waals surface area contributed by atoms with Gasteiger partial charge >= 0.3 is 0 Å². The van der Waals surface area contributed by atoms with Crippen molar-refractivity contribution in [2.45, 2.75) is 0 Å². The van der Waals surface area contributed by atoms with Gasteiger partial charge in [0.05, 0.1) is 16.6 Å². The summed E-state index contributed by atoms with van der Waals surface area (Å²) < 4.78 is 8.98. The van der Waals surface area contributed by atoms with Gasteiger partial charge in [0, 0.05) is 38.4 Å². The van der Waals surface area contributed by atoms with Gasteiger partial charge in [-0.25, -0.2) is 15.0 Å². The molecule has 5 nitrogen and oxygen atoms in total. The molecule has 0 aliphatic heterocycles. The van der Waals surface area contributed by atoms with Gasteiger partial charge < -0.3 is 8.98 Å². The Hall–Kier alpha value is -6.59. The van der Waals surface area contributed by atoms with Gasteiger partial charge in [-0.05, 0) is 47.2 Å². The number of aromatic nitrogens is 4. The van der Waals surface area contributed by atoms with Crippen LogP contribution >= 0.6 is 0 Å². The van der Waals surface area contributed by atoms with Gasteiger partial charge in [-0.15, -0.1) is 0 Å². The van der Waals surface area contributed by atoms with E-state index in [1.807, 2.05) is 72.8 Å². The average Bonchev–Trinajstić information content (AvgIpc) is 3.69. The number of nitrogens with zero attached hydrogens (tertiary/aromatic N) is 4. The summed E-state index contributed by atoms with van der Waals surface area (Å²) in [5.74, 6) is 1.77. The molecule has 0 atom stereocenters. The van der Waals surface area contributed by atoms with Gasteiger partial charge in [-0.3, -0.25) is 0 Å². The number of fused-ring (bicyclic) bond motifs is 7. The molecule has 224 valence electrons. The largest absolute Gasteiger partial charge is 0.455 e. The molecular formula is C43H26N4O. The molecule has 0 aliphatic rings. The average molecular weight is 615 g/mol. The van der Waals surface area contributed by atoms with Crippen molar-refractivity contribution >= 4 is 54.5 Å². The highest BCUT2D eigenvalue weighted by molar-refractivity contribution is 6.15. The van der Waals surface area contributed by atoms with Gasteiger partial charge in [0.25, 0.3) is 0 Å². The molecule has 0 bridgehead atoms. The van der Waals surface area contributed by atoms with Crippen LogP contribution in [0.5, 0.6) is 0 Å². The first-order chi connectivity index (χ1) is 23.8. The van der Waals surface area contributed by atoms with E-state index in [1.54, 1.807) is 0 Å². The Kier molecular flexibility index (Phi) is 5.81. The minimum absolute atomic E-state index is 0.555. The third-order valence-corrected chi connectivity index (χ3v) is 9.20. The standard InChI is InChI=1S/C43H26N4O/c1-3-13-27(14-4-1)41-44-42(28-15-5-2-6-16-28)46-43(45-41)36-26-31(25-35-33-20-10-12-22-39(33)48-40(35)36)47-37-21-11-9-19-32(37)34-23-29-17-7-8-18-30(29)24-38(34)47/h1-26H. The number of para-hydroxylation sites is 2. The lowest BCUT2D eigenvalue weighted by Gasteiger charge is -2.13. The Labute approximate surface area is 275 Å². The molecule has 0 spiro atoms. The van der Waals surface area contributed by atoms with Crippen LogP contribution in [0.15, 0.2) is 162 Å². The zero-order valence-corrected chi connectivity index (χ0v) is 25.7. The summed E-state index contributed by atoms with van der Waals surface area (Å²) >= 11 is 0. The Morgan fingerprint density at radius 3 is 1.73 bits per heavy atom. The first-order valence-corrected chi connectivity index (χ1v) is 16.0. The summed E-state index contributed by atoms with van der Waals surface area (Å²) in [6, 6.07) is 54.5. The summed E-state index contributed by atoms with van der Waals surface area (Å²) in [4.78, 5) is 15.2. The monoisotopic (exact) mass is 614 g/mol. The molecule has 48 heavy (non-hydrogen) atoms. The first-order valence-electron chi connectivity index (χ1n) is 16.0. The molecule has 7 aromatic carbocycles. The van der Waals surface area contributed by atoms with Crippen molar-refractivity contribution in [3.05, 3.63) is 158 Å². The summed E-state index contributed by atoms with van der Waals surface area (Å²) in [5, 5.41) is 6.88. The molecule has 0 radical (unpaired) electrons. The van der Waals surface area contributed by atoms with E-state index in [4.69, 9.17) is 19.4 Å². The minimum Gasteiger partial charge on any atom is -0.455 e. The highest BCUT2D eigenvalue weighted by Crippen LogP contribution is 2.41. The number of rotatable bonds is 4. The molecular weight excluding hydrogens is 589 g/mol. The zero-order chi connectivity index (χ0) is 31.6. The van der Waals surface area contributed by atoms with Crippen molar-refractivity contribution < 1.29 is 4.42 Å². The van der Waals surface area contributed by atoms with Gasteiger partial charge in [0.1, 0.15) is 11.2 Å². The summed E-state index contributed by atoms with van der Waals surface area (Å²) in [6.07, 6.45) is 0.